The van der Waals surface area contributed by atoms with Crippen LogP contribution in [0.25, 0.3) is 0 Å². The Morgan fingerprint density at radius 1 is 1.46 bits per heavy atom. The summed E-state index contributed by atoms with van der Waals surface area (Å²) < 4.78 is 24.8. The predicted molar refractivity (Wildman–Crippen MR) is 49.3 cm³/mol. The van der Waals surface area contributed by atoms with Crippen molar-refractivity contribution in [2.75, 3.05) is 0 Å². The molecule has 0 heterocycles. The Balaban J connectivity index is 3.19. The van der Waals surface area contributed by atoms with Crippen LogP contribution < -0.4 is 0 Å². The quantitative estimate of drug-likeness (QED) is 0.747. The lowest BCUT2D eigenvalue weighted by Crippen LogP contribution is -1.93. The minimum atomic E-state index is -2.62. The fraction of sp³-hybridized carbons (Fsp3) is 0.125. The number of carbonyl (C=O) groups excluding carboxylic acids is 1. The summed E-state index contributed by atoms with van der Waals surface area (Å²) in [7, 11) is 0. The average molecular weight is 269 g/mol. The van der Waals surface area contributed by atoms with E-state index in [9.17, 15) is 13.6 Å². The van der Waals surface area contributed by atoms with Crippen LogP contribution in [-0.4, -0.2) is 5.24 Å². The fourth-order valence-electron chi connectivity index (χ4n) is 0.833. The van der Waals surface area contributed by atoms with Gasteiger partial charge in [0.05, 0.1) is 0 Å². The van der Waals surface area contributed by atoms with Crippen LogP contribution in [0.15, 0.2) is 22.7 Å². The number of hydrogen-bond acceptors (Lipinski definition) is 1. The van der Waals surface area contributed by atoms with Gasteiger partial charge in [0.1, 0.15) is 0 Å². The van der Waals surface area contributed by atoms with Gasteiger partial charge in [-0.05, 0) is 29.8 Å². The third-order valence-electron chi connectivity index (χ3n) is 1.46. The molecule has 0 radical (unpaired) electrons. The topological polar surface area (TPSA) is 17.1 Å². The van der Waals surface area contributed by atoms with Gasteiger partial charge in [-0.25, -0.2) is 8.78 Å². The molecule has 13 heavy (non-hydrogen) atoms. The molecule has 0 bridgehead atoms. The summed E-state index contributed by atoms with van der Waals surface area (Å²) in [6.07, 6.45) is -2.62. The van der Waals surface area contributed by atoms with E-state index < -0.39 is 11.7 Å². The van der Waals surface area contributed by atoms with Crippen molar-refractivity contribution in [1.82, 2.24) is 0 Å². The Bertz CT molecular complexity index is 341. The van der Waals surface area contributed by atoms with Gasteiger partial charge in [-0.1, -0.05) is 15.9 Å². The molecule has 0 aromatic heterocycles. The normalized spacial score (nSPS) is 10.5. The standard InChI is InChI=1S/C8H4BrClF2O/c9-6-2-1-4(7(10)13)3-5(6)8(11)12/h1-3,8H. The number of rotatable bonds is 2. The smallest absolute Gasteiger partial charge is 0.264 e. The lowest BCUT2D eigenvalue weighted by molar-refractivity contribution is 0.108. The Hall–Kier alpha value is -0.480. The highest BCUT2D eigenvalue weighted by molar-refractivity contribution is 9.10. The monoisotopic (exact) mass is 268 g/mol. The highest BCUT2D eigenvalue weighted by Crippen LogP contribution is 2.28. The van der Waals surface area contributed by atoms with Crippen LogP contribution in [0.5, 0.6) is 0 Å². The first-order chi connectivity index (χ1) is 6.02. The van der Waals surface area contributed by atoms with Crippen molar-refractivity contribution in [2.24, 2.45) is 0 Å². The zero-order chi connectivity index (χ0) is 10.0. The summed E-state index contributed by atoms with van der Waals surface area (Å²) in [5.41, 5.74) is -0.160. The lowest BCUT2D eigenvalue weighted by atomic mass is 10.1. The molecule has 0 aliphatic carbocycles. The largest absolute Gasteiger partial charge is 0.276 e. The van der Waals surface area contributed by atoms with Crippen LogP contribution in [-0.2, 0) is 0 Å². The van der Waals surface area contributed by atoms with Gasteiger partial charge in [0, 0.05) is 15.6 Å². The van der Waals surface area contributed by atoms with Crippen LogP contribution in [0.1, 0.15) is 22.3 Å². The van der Waals surface area contributed by atoms with E-state index in [1.165, 1.54) is 12.1 Å². The number of benzene rings is 1. The van der Waals surface area contributed by atoms with Gasteiger partial charge < -0.3 is 0 Å². The van der Waals surface area contributed by atoms with Crippen molar-refractivity contribution in [3.63, 3.8) is 0 Å². The third kappa shape index (κ3) is 2.48. The summed E-state index contributed by atoms with van der Waals surface area (Å²) in [4.78, 5) is 10.6. The first-order valence-electron chi connectivity index (χ1n) is 3.30. The molecule has 0 aliphatic heterocycles. The first kappa shape index (κ1) is 10.6. The molecule has 0 atom stereocenters. The molecule has 1 rings (SSSR count). The second-order valence-corrected chi connectivity index (χ2v) is 3.51. The highest BCUT2D eigenvalue weighted by Gasteiger charge is 2.13. The number of halogens is 4. The average Bonchev–Trinajstić information content (AvgIpc) is 2.04. The van der Waals surface area contributed by atoms with E-state index in [2.05, 4.69) is 15.9 Å². The number of hydrogen-bond donors (Lipinski definition) is 0. The molecule has 0 saturated carbocycles. The maximum absolute atomic E-state index is 12.3. The Morgan fingerprint density at radius 3 is 2.54 bits per heavy atom. The van der Waals surface area contributed by atoms with Gasteiger partial charge in [-0.2, -0.15) is 0 Å². The van der Waals surface area contributed by atoms with Gasteiger partial charge in [0.2, 0.25) is 0 Å². The van der Waals surface area contributed by atoms with Crippen molar-refractivity contribution in [1.29, 1.82) is 0 Å². The van der Waals surface area contributed by atoms with Crippen LogP contribution in [0.3, 0.4) is 0 Å². The second-order valence-electron chi connectivity index (χ2n) is 2.31. The zero-order valence-electron chi connectivity index (χ0n) is 6.23. The van der Waals surface area contributed by atoms with Gasteiger partial charge >= 0.3 is 0 Å². The van der Waals surface area contributed by atoms with Crippen molar-refractivity contribution in [3.8, 4) is 0 Å². The summed E-state index contributed by atoms with van der Waals surface area (Å²) >= 11 is 8.08. The van der Waals surface area contributed by atoms with Crippen LogP contribution in [0.4, 0.5) is 8.78 Å². The molecular weight excluding hydrogens is 265 g/mol. The van der Waals surface area contributed by atoms with E-state index in [1.54, 1.807) is 0 Å². The Morgan fingerprint density at radius 2 is 2.08 bits per heavy atom. The predicted octanol–water partition coefficient (Wildman–Crippen LogP) is 3.77. The highest BCUT2D eigenvalue weighted by atomic mass is 79.9. The third-order valence-corrected chi connectivity index (χ3v) is 2.40. The van der Waals surface area contributed by atoms with E-state index in [0.29, 0.717) is 0 Å². The van der Waals surface area contributed by atoms with Gasteiger partial charge in [-0.15, -0.1) is 0 Å². The Labute approximate surface area is 86.8 Å². The molecule has 0 aliphatic rings. The van der Waals surface area contributed by atoms with E-state index in [-0.39, 0.29) is 15.6 Å². The molecule has 0 N–H and O–H groups in total. The van der Waals surface area contributed by atoms with Crippen molar-refractivity contribution in [2.45, 2.75) is 6.43 Å². The lowest BCUT2D eigenvalue weighted by Gasteiger charge is -2.03. The summed E-state index contributed by atoms with van der Waals surface area (Å²) in [6.45, 7) is 0. The summed E-state index contributed by atoms with van der Waals surface area (Å²) in [5.74, 6) is 0. The second kappa shape index (κ2) is 4.15. The molecule has 1 nitrogen and oxygen atoms in total. The Kier molecular flexibility index (Phi) is 3.39. The fourth-order valence-corrected chi connectivity index (χ4v) is 1.37. The van der Waals surface area contributed by atoms with E-state index in [1.807, 2.05) is 0 Å². The minimum Gasteiger partial charge on any atom is -0.276 e. The molecule has 0 saturated heterocycles. The minimum absolute atomic E-state index is 0.0696. The molecule has 1 aromatic rings. The van der Waals surface area contributed by atoms with Crippen LogP contribution >= 0.6 is 27.5 Å². The molecule has 70 valence electrons. The summed E-state index contributed by atoms with van der Waals surface area (Å²) in [5, 5.41) is -0.741. The number of alkyl halides is 2. The van der Waals surface area contributed by atoms with Crippen LogP contribution in [0, 0.1) is 0 Å². The van der Waals surface area contributed by atoms with Gasteiger partial charge in [0.15, 0.2) is 0 Å². The molecule has 0 unspecified atom stereocenters. The molecule has 5 heteroatoms. The van der Waals surface area contributed by atoms with E-state index >= 15 is 0 Å². The zero-order valence-corrected chi connectivity index (χ0v) is 8.57. The first-order valence-corrected chi connectivity index (χ1v) is 4.47. The van der Waals surface area contributed by atoms with E-state index in [4.69, 9.17) is 11.6 Å². The van der Waals surface area contributed by atoms with Crippen molar-refractivity contribution >= 4 is 32.8 Å². The SMILES string of the molecule is O=C(Cl)c1ccc(Br)c(C(F)F)c1. The maximum Gasteiger partial charge on any atom is 0.264 e. The molecule has 0 fully saturated rings. The molecule has 0 spiro atoms. The summed E-state index contributed by atoms with van der Waals surface area (Å²) in [6, 6.07) is 3.83. The van der Waals surface area contributed by atoms with Crippen molar-refractivity contribution < 1.29 is 13.6 Å². The van der Waals surface area contributed by atoms with Crippen LogP contribution in [0.2, 0.25) is 0 Å². The van der Waals surface area contributed by atoms with E-state index in [0.717, 1.165) is 6.07 Å². The maximum atomic E-state index is 12.3. The molecule has 1 aromatic carbocycles. The van der Waals surface area contributed by atoms with Crippen molar-refractivity contribution in [3.05, 3.63) is 33.8 Å². The van der Waals surface area contributed by atoms with Gasteiger partial charge in [0.25, 0.3) is 11.7 Å². The van der Waals surface area contributed by atoms with Gasteiger partial charge in [-0.3, -0.25) is 4.79 Å². The number of carbonyl (C=O) groups is 1. The molecular formula is C8H4BrClF2O. The molecule has 0 amide bonds.